The molecule has 0 saturated heterocycles. The molecule has 0 atom stereocenters. The van der Waals surface area contributed by atoms with Crippen molar-refractivity contribution in [3.8, 4) is 0 Å². The number of allylic oxidation sites excluding steroid dienone is 2. The van der Waals surface area contributed by atoms with Crippen LogP contribution in [0.1, 0.15) is 36.3 Å². The van der Waals surface area contributed by atoms with E-state index in [9.17, 15) is 4.79 Å². The van der Waals surface area contributed by atoms with Gasteiger partial charge in [0.05, 0.1) is 18.2 Å². The molecule has 0 aliphatic rings. The summed E-state index contributed by atoms with van der Waals surface area (Å²) in [7, 11) is 1.40. The normalized spacial score (nSPS) is 10.3. The average Bonchev–Trinajstić information content (AvgIpc) is 2.45. The Labute approximate surface area is 119 Å². The van der Waals surface area contributed by atoms with Gasteiger partial charge in [0.25, 0.3) is 0 Å². The molecule has 104 valence electrons. The van der Waals surface area contributed by atoms with Gasteiger partial charge < -0.3 is 4.74 Å². The van der Waals surface area contributed by atoms with Gasteiger partial charge in [0, 0.05) is 11.1 Å². The highest BCUT2D eigenvalue weighted by atomic mass is 16.5. The maximum atomic E-state index is 11.9. The summed E-state index contributed by atoms with van der Waals surface area (Å²) in [5.74, 6) is -0.313. The average molecular weight is 269 g/mol. The molecule has 1 heterocycles. The zero-order chi connectivity index (χ0) is 14.5. The molecule has 0 fully saturated rings. The lowest BCUT2D eigenvalue weighted by Gasteiger charge is -2.07. The first kappa shape index (κ1) is 14.3. The summed E-state index contributed by atoms with van der Waals surface area (Å²) in [6.45, 7) is 4.15. The quantitative estimate of drug-likeness (QED) is 0.624. The second-order valence-electron chi connectivity index (χ2n) is 4.99. The Balaban J connectivity index is 2.42. The largest absolute Gasteiger partial charge is 0.465 e. The number of hydrogen-bond donors (Lipinski definition) is 0. The molecular formula is C17H19NO2. The van der Waals surface area contributed by atoms with E-state index in [0.717, 1.165) is 29.4 Å². The van der Waals surface area contributed by atoms with Gasteiger partial charge in [-0.2, -0.15) is 0 Å². The maximum Gasteiger partial charge on any atom is 0.338 e. The molecule has 3 heteroatoms. The monoisotopic (exact) mass is 269 g/mol. The van der Waals surface area contributed by atoms with Crippen LogP contribution in [0, 0.1) is 0 Å². The number of para-hydroxylation sites is 1. The zero-order valence-electron chi connectivity index (χ0n) is 12.1. The molecule has 1 aromatic heterocycles. The number of aromatic nitrogens is 1. The highest BCUT2D eigenvalue weighted by molar-refractivity contribution is 6.03. The van der Waals surface area contributed by atoms with Crippen molar-refractivity contribution < 1.29 is 9.53 Å². The first-order valence-corrected chi connectivity index (χ1v) is 6.72. The number of hydrogen-bond acceptors (Lipinski definition) is 3. The van der Waals surface area contributed by atoms with Gasteiger partial charge in [-0.25, -0.2) is 4.79 Å². The van der Waals surface area contributed by atoms with Gasteiger partial charge in [-0.1, -0.05) is 29.8 Å². The van der Waals surface area contributed by atoms with Gasteiger partial charge in [-0.15, -0.1) is 0 Å². The number of pyridine rings is 1. The van der Waals surface area contributed by atoms with E-state index in [1.54, 1.807) is 0 Å². The topological polar surface area (TPSA) is 39.2 Å². The minimum atomic E-state index is -0.313. The molecule has 0 saturated carbocycles. The molecule has 0 amide bonds. The van der Waals surface area contributed by atoms with Crippen LogP contribution in [0.25, 0.3) is 10.9 Å². The zero-order valence-corrected chi connectivity index (χ0v) is 12.1. The molecule has 0 unspecified atom stereocenters. The number of ether oxygens (including phenoxy) is 1. The van der Waals surface area contributed by atoms with Crippen LogP contribution in [0.15, 0.2) is 42.0 Å². The fraction of sp³-hybridized carbons (Fsp3) is 0.294. The number of methoxy groups -OCH3 is 1. The Morgan fingerprint density at radius 1 is 1.30 bits per heavy atom. The number of carbonyl (C=O) groups excluding carboxylic acids is 1. The predicted octanol–water partition coefficient (Wildman–Crippen LogP) is 3.92. The summed E-state index contributed by atoms with van der Waals surface area (Å²) in [4.78, 5) is 16.5. The third-order valence-corrected chi connectivity index (χ3v) is 3.13. The van der Waals surface area contributed by atoms with Crippen molar-refractivity contribution in [1.82, 2.24) is 4.98 Å². The molecular weight excluding hydrogens is 250 g/mol. The number of nitrogens with zero attached hydrogens (tertiary/aromatic N) is 1. The Bertz CT molecular complexity index is 655. The van der Waals surface area contributed by atoms with Gasteiger partial charge in [0.1, 0.15) is 0 Å². The third kappa shape index (κ3) is 3.23. The molecule has 2 rings (SSSR count). The lowest BCUT2D eigenvalue weighted by molar-refractivity contribution is 0.0603. The predicted molar refractivity (Wildman–Crippen MR) is 80.8 cm³/mol. The number of esters is 1. The van der Waals surface area contributed by atoms with Crippen LogP contribution in [0.4, 0.5) is 0 Å². The van der Waals surface area contributed by atoms with E-state index in [1.165, 1.54) is 12.7 Å². The summed E-state index contributed by atoms with van der Waals surface area (Å²) >= 11 is 0. The lowest BCUT2D eigenvalue weighted by atomic mass is 10.1. The van der Waals surface area contributed by atoms with Crippen molar-refractivity contribution in [3.05, 3.63) is 53.2 Å². The summed E-state index contributed by atoms with van der Waals surface area (Å²) < 4.78 is 4.86. The molecule has 0 aliphatic heterocycles. The molecule has 1 aromatic carbocycles. The number of fused-ring (bicyclic) bond motifs is 1. The first-order chi connectivity index (χ1) is 9.61. The van der Waals surface area contributed by atoms with Gasteiger partial charge in [-0.3, -0.25) is 4.98 Å². The Morgan fingerprint density at radius 2 is 2.05 bits per heavy atom. The van der Waals surface area contributed by atoms with Crippen LogP contribution in [0.2, 0.25) is 0 Å². The Morgan fingerprint density at radius 3 is 2.75 bits per heavy atom. The SMILES string of the molecule is COC(=O)c1cc(CCC=C(C)C)nc2ccccc12. The third-order valence-electron chi connectivity index (χ3n) is 3.13. The van der Waals surface area contributed by atoms with Crippen LogP contribution >= 0.6 is 0 Å². The van der Waals surface area contributed by atoms with Crippen molar-refractivity contribution in [2.24, 2.45) is 0 Å². The Kier molecular flexibility index (Phi) is 4.51. The van der Waals surface area contributed by atoms with Gasteiger partial charge >= 0.3 is 5.97 Å². The molecule has 2 aromatic rings. The number of aryl methyl sites for hydroxylation is 1. The van der Waals surface area contributed by atoms with Crippen molar-refractivity contribution in [1.29, 1.82) is 0 Å². The first-order valence-electron chi connectivity index (χ1n) is 6.72. The van der Waals surface area contributed by atoms with E-state index in [0.29, 0.717) is 5.56 Å². The van der Waals surface area contributed by atoms with E-state index in [1.807, 2.05) is 30.3 Å². The number of rotatable bonds is 4. The minimum absolute atomic E-state index is 0.313. The second-order valence-corrected chi connectivity index (χ2v) is 4.99. The molecule has 0 radical (unpaired) electrons. The van der Waals surface area contributed by atoms with E-state index in [-0.39, 0.29) is 5.97 Å². The van der Waals surface area contributed by atoms with Crippen molar-refractivity contribution in [3.63, 3.8) is 0 Å². The minimum Gasteiger partial charge on any atom is -0.465 e. The van der Waals surface area contributed by atoms with Crippen molar-refractivity contribution in [2.75, 3.05) is 7.11 Å². The molecule has 0 spiro atoms. The maximum absolute atomic E-state index is 11.9. The standard InChI is InChI=1S/C17H19NO2/c1-12(2)7-6-8-13-11-15(17(19)20-3)14-9-4-5-10-16(14)18-13/h4-5,7,9-11H,6,8H2,1-3H3. The number of carbonyl (C=O) groups is 1. The fourth-order valence-electron chi connectivity index (χ4n) is 2.15. The highest BCUT2D eigenvalue weighted by Crippen LogP contribution is 2.20. The van der Waals surface area contributed by atoms with Crippen molar-refractivity contribution in [2.45, 2.75) is 26.7 Å². The van der Waals surface area contributed by atoms with Crippen LogP contribution in [-0.2, 0) is 11.2 Å². The summed E-state index contributed by atoms with van der Waals surface area (Å²) in [6.07, 6.45) is 3.92. The molecule has 0 aliphatic carbocycles. The van der Waals surface area contributed by atoms with Crippen molar-refractivity contribution >= 4 is 16.9 Å². The Hall–Kier alpha value is -2.16. The smallest absolute Gasteiger partial charge is 0.338 e. The van der Waals surface area contributed by atoms with E-state index < -0.39 is 0 Å². The molecule has 0 N–H and O–H groups in total. The molecule has 0 bridgehead atoms. The fourth-order valence-corrected chi connectivity index (χ4v) is 2.15. The number of benzene rings is 1. The van der Waals surface area contributed by atoms with E-state index >= 15 is 0 Å². The van der Waals surface area contributed by atoms with Crippen LogP contribution < -0.4 is 0 Å². The lowest BCUT2D eigenvalue weighted by Crippen LogP contribution is -2.05. The second kappa shape index (κ2) is 6.33. The van der Waals surface area contributed by atoms with Crippen LogP contribution in [0.3, 0.4) is 0 Å². The van der Waals surface area contributed by atoms with Crippen LogP contribution in [-0.4, -0.2) is 18.1 Å². The highest BCUT2D eigenvalue weighted by Gasteiger charge is 2.12. The van der Waals surface area contributed by atoms with Crippen LogP contribution in [0.5, 0.6) is 0 Å². The summed E-state index contributed by atoms with van der Waals surface area (Å²) in [5.41, 5.74) is 3.63. The van der Waals surface area contributed by atoms with Gasteiger partial charge in [0.2, 0.25) is 0 Å². The van der Waals surface area contributed by atoms with Gasteiger partial charge in [0.15, 0.2) is 0 Å². The molecule has 20 heavy (non-hydrogen) atoms. The van der Waals surface area contributed by atoms with E-state index in [2.05, 4.69) is 24.9 Å². The summed E-state index contributed by atoms with van der Waals surface area (Å²) in [6, 6.07) is 9.49. The van der Waals surface area contributed by atoms with Gasteiger partial charge in [-0.05, 0) is 38.8 Å². The van der Waals surface area contributed by atoms with E-state index in [4.69, 9.17) is 4.74 Å². The molecule has 3 nitrogen and oxygen atoms in total. The summed E-state index contributed by atoms with van der Waals surface area (Å²) in [5, 5.41) is 0.838.